The number of carbonyl (C=O) groups excluding carboxylic acids is 1. The summed E-state index contributed by atoms with van der Waals surface area (Å²) in [6.07, 6.45) is 0. The van der Waals surface area contributed by atoms with Crippen molar-refractivity contribution < 1.29 is 9.53 Å². The summed E-state index contributed by atoms with van der Waals surface area (Å²) in [5, 5.41) is 14.7. The highest BCUT2D eigenvalue weighted by Crippen LogP contribution is 2.31. The van der Waals surface area contributed by atoms with Crippen molar-refractivity contribution in [3.63, 3.8) is 0 Å². The van der Waals surface area contributed by atoms with E-state index in [4.69, 9.17) is 4.74 Å². The minimum absolute atomic E-state index is 0.128. The van der Waals surface area contributed by atoms with Crippen LogP contribution in [0.3, 0.4) is 0 Å². The second kappa shape index (κ2) is 9.16. The molecule has 1 aromatic carbocycles. The zero-order valence-electron chi connectivity index (χ0n) is 17.9. The van der Waals surface area contributed by atoms with Gasteiger partial charge in [-0.15, -0.1) is 11.3 Å². The quantitative estimate of drug-likeness (QED) is 0.601. The molecule has 1 unspecified atom stereocenters. The highest BCUT2D eigenvalue weighted by Gasteiger charge is 2.22. The lowest BCUT2D eigenvalue weighted by Crippen LogP contribution is -2.32. The van der Waals surface area contributed by atoms with Crippen molar-refractivity contribution in [2.45, 2.75) is 26.8 Å². The van der Waals surface area contributed by atoms with E-state index >= 15 is 0 Å². The number of anilines is 1. The fourth-order valence-corrected chi connectivity index (χ4v) is 4.24. The zero-order valence-corrected chi connectivity index (χ0v) is 18.7. The van der Waals surface area contributed by atoms with Crippen LogP contribution in [0, 0.1) is 25.2 Å². The molecule has 156 valence electrons. The first kappa shape index (κ1) is 21.6. The molecular formula is C23H26N4O2S. The van der Waals surface area contributed by atoms with Gasteiger partial charge >= 0.3 is 0 Å². The third-order valence-electron chi connectivity index (χ3n) is 5.42. The van der Waals surface area contributed by atoms with Gasteiger partial charge in [-0.05, 0) is 69.1 Å². The minimum atomic E-state index is -0.162. The van der Waals surface area contributed by atoms with Gasteiger partial charge in [-0.1, -0.05) is 6.07 Å². The molecule has 0 aliphatic heterocycles. The molecule has 0 bridgehead atoms. The van der Waals surface area contributed by atoms with Gasteiger partial charge in [0.15, 0.2) is 0 Å². The number of carbonyl (C=O) groups is 1. The number of hydrogen-bond acceptors (Lipinski definition) is 5. The van der Waals surface area contributed by atoms with Crippen LogP contribution >= 0.6 is 11.3 Å². The Labute approximate surface area is 181 Å². The molecule has 0 saturated heterocycles. The Morgan fingerprint density at radius 3 is 2.57 bits per heavy atom. The van der Waals surface area contributed by atoms with E-state index in [0.717, 1.165) is 22.7 Å². The lowest BCUT2D eigenvalue weighted by molar-refractivity contribution is -0.117. The van der Waals surface area contributed by atoms with Gasteiger partial charge in [0.05, 0.1) is 19.2 Å². The Kier molecular flexibility index (Phi) is 6.60. The fourth-order valence-electron chi connectivity index (χ4n) is 3.40. The normalized spacial score (nSPS) is 11.9. The Morgan fingerprint density at radius 1 is 1.30 bits per heavy atom. The maximum Gasteiger partial charge on any atom is 0.239 e. The number of nitrogens with one attached hydrogen (secondary N) is 1. The standard InChI is InChI=1S/C23H26N4O2S/c1-15-16(2)27(18-8-10-19(29-5)11-9-18)23(20(15)13-24)25-22(28)14-26(4)17(3)21-7-6-12-30-21/h6-12,17H,14H2,1-5H3,(H,25,28). The second-order valence-electron chi connectivity index (χ2n) is 7.23. The summed E-state index contributed by atoms with van der Waals surface area (Å²) < 4.78 is 7.15. The molecule has 2 aromatic heterocycles. The van der Waals surface area contributed by atoms with Crippen molar-refractivity contribution in [1.82, 2.24) is 9.47 Å². The Morgan fingerprint density at radius 2 is 2.00 bits per heavy atom. The van der Waals surface area contributed by atoms with Crippen LogP contribution in [0.5, 0.6) is 5.75 Å². The van der Waals surface area contributed by atoms with Gasteiger partial charge in [0.2, 0.25) is 5.91 Å². The van der Waals surface area contributed by atoms with Crippen LogP contribution < -0.4 is 10.1 Å². The van der Waals surface area contributed by atoms with Crippen molar-refractivity contribution >= 4 is 23.1 Å². The first-order chi connectivity index (χ1) is 14.4. The van der Waals surface area contributed by atoms with E-state index in [-0.39, 0.29) is 18.5 Å². The first-order valence-corrected chi connectivity index (χ1v) is 10.5. The van der Waals surface area contributed by atoms with Gasteiger partial charge in [0.1, 0.15) is 17.6 Å². The summed E-state index contributed by atoms with van der Waals surface area (Å²) in [5.74, 6) is 1.08. The van der Waals surface area contributed by atoms with Crippen LogP contribution in [-0.2, 0) is 4.79 Å². The molecule has 0 saturated carbocycles. The Balaban J connectivity index is 1.88. The van der Waals surface area contributed by atoms with E-state index in [1.54, 1.807) is 18.4 Å². The molecule has 30 heavy (non-hydrogen) atoms. The number of benzene rings is 1. The van der Waals surface area contributed by atoms with Crippen molar-refractivity contribution in [2.24, 2.45) is 0 Å². The number of likely N-dealkylation sites (N-methyl/N-ethyl adjacent to an activating group) is 1. The zero-order chi connectivity index (χ0) is 21.8. The average Bonchev–Trinajstić information content (AvgIpc) is 3.35. The number of methoxy groups -OCH3 is 1. The number of nitriles is 1. The van der Waals surface area contributed by atoms with Gasteiger partial charge in [-0.2, -0.15) is 5.26 Å². The number of hydrogen-bond donors (Lipinski definition) is 1. The summed E-state index contributed by atoms with van der Waals surface area (Å²) in [6, 6.07) is 14.0. The smallest absolute Gasteiger partial charge is 0.239 e. The average molecular weight is 423 g/mol. The van der Waals surface area contributed by atoms with Crippen molar-refractivity contribution in [2.75, 3.05) is 26.0 Å². The van der Waals surface area contributed by atoms with E-state index in [1.165, 1.54) is 4.88 Å². The third kappa shape index (κ3) is 4.25. The second-order valence-corrected chi connectivity index (χ2v) is 8.21. The summed E-state index contributed by atoms with van der Waals surface area (Å²) in [6.45, 7) is 6.14. The molecule has 1 N–H and O–H groups in total. The number of thiophene rings is 1. The summed E-state index contributed by atoms with van der Waals surface area (Å²) in [5.41, 5.74) is 3.09. The Bertz CT molecular complexity index is 1060. The number of nitrogens with zero attached hydrogens (tertiary/aromatic N) is 3. The van der Waals surface area contributed by atoms with Gasteiger partial charge < -0.3 is 10.1 Å². The predicted molar refractivity (Wildman–Crippen MR) is 121 cm³/mol. The summed E-state index contributed by atoms with van der Waals surface area (Å²) in [4.78, 5) is 16.1. The van der Waals surface area contributed by atoms with Crippen molar-refractivity contribution in [3.8, 4) is 17.5 Å². The van der Waals surface area contributed by atoms with Crippen LogP contribution in [0.1, 0.15) is 34.7 Å². The summed E-state index contributed by atoms with van der Waals surface area (Å²) >= 11 is 1.67. The van der Waals surface area contributed by atoms with Gasteiger partial charge in [0, 0.05) is 22.3 Å². The van der Waals surface area contributed by atoms with Crippen LogP contribution in [0.4, 0.5) is 5.82 Å². The van der Waals surface area contributed by atoms with E-state index < -0.39 is 0 Å². The highest BCUT2D eigenvalue weighted by molar-refractivity contribution is 7.10. The van der Waals surface area contributed by atoms with E-state index in [0.29, 0.717) is 11.4 Å². The SMILES string of the molecule is COc1ccc(-n2c(C)c(C)c(C#N)c2NC(=O)CN(C)C(C)c2cccs2)cc1. The Hall–Kier alpha value is -3.08. The van der Waals surface area contributed by atoms with Gasteiger partial charge in [-0.3, -0.25) is 14.3 Å². The highest BCUT2D eigenvalue weighted by atomic mass is 32.1. The molecule has 7 heteroatoms. The molecule has 3 aromatic rings. The molecule has 0 fully saturated rings. The van der Waals surface area contributed by atoms with Crippen molar-refractivity contribution in [1.29, 1.82) is 5.26 Å². The monoisotopic (exact) mass is 422 g/mol. The molecule has 6 nitrogen and oxygen atoms in total. The molecule has 0 aliphatic carbocycles. The number of ether oxygens (including phenoxy) is 1. The van der Waals surface area contributed by atoms with Crippen LogP contribution in [-0.4, -0.2) is 36.1 Å². The van der Waals surface area contributed by atoms with Gasteiger partial charge in [0.25, 0.3) is 0 Å². The number of aromatic nitrogens is 1. The minimum Gasteiger partial charge on any atom is -0.497 e. The van der Waals surface area contributed by atoms with E-state index in [1.807, 2.05) is 66.1 Å². The van der Waals surface area contributed by atoms with Gasteiger partial charge in [-0.25, -0.2) is 0 Å². The van der Waals surface area contributed by atoms with Crippen LogP contribution in [0.2, 0.25) is 0 Å². The van der Waals surface area contributed by atoms with Crippen LogP contribution in [0.25, 0.3) is 5.69 Å². The third-order valence-corrected chi connectivity index (χ3v) is 6.47. The van der Waals surface area contributed by atoms with E-state index in [9.17, 15) is 10.1 Å². The molecule has 1 amide bonds. The topological polar surface area (TPSA) is 70.3 Å². The maximum absolute atomic E-state index is 12.9. The predicted octanol–water partition coefficient (Wildman–Crippen LogP) is 4.67. The molecule has 1 atom stereocenters. The number of rotatable bonds is 7. The maximum atomic E-state index is 12.9. The molecular weight excluding hydrogens is 396 g/mol. The van der Waals surface area contributed by atoms with Crippen LogP contribution in [0.15, 0.2) is 41.8 Å². The molecule has 0 radical (unpaired) electrons. The molecule has 0 aliphatic rings. The largest absolute Gasteiger partial charge is 0.497 e. The number of amides is 1. The molecule has 2 heterocycles. The lowest BCUT2D eigenvalue weighted by Gasteiger charge is -2.23. The lowest BCUT2D eigenvalue weighted by atomic mass is 10.2. The van der Waals surface area contributed by atoms with E-state index in [2.05, 4.69) is 24.4 Å². The first-order valence-electron chi connectivity index (χ1n) is 9.67. The summed E-state index contributed by atoms with van der Waals surface area (Å²) in [7, 11) is 3.54. The molecule has 0 spiro atoms. The molecule has 3 rings (SSSR count). The van der Waals surface area contributed by atoms with Crippen molar-refractivity contribution in [3.05, 3.63) is 63.5 Å². The fraction of sp³-hybridized carbons (Fsp3) is 0.304.